The summed E-state index contributed by atoms with van der Waals surface area (Å²) < 4.78 is 11.9. The molecule has 1 amide bonds. The highest BCUT2D eigenvalue weighted by Crippen LogP contribution is 2.34. The van der Waals surface area contributed by atoms with Crippen LogP contribution in [0.4, 0.5) is 5.69 Å². The van der Waals surface area contributed by atoms with Crippen LogP contribution in [0.3, 0.4) is 0 Å². The van der Waals surface area contributed by atoms with Crippen LogP contribution in [0.2, 0.25) is 0 Å². The van der Waals surface area contributed by atoms with Crippen molar-refractivity contribution >= 4 is 11.6 Å². The molecule has 0 bridgehead atoms. The summed E-state index contributed by atoms with van der Waals surface area (Å²) in [4.78, 5) is 15.4. The van der Waals surface area contributed by atoms with Crippen molar-refractivity contribution in [1.29, 1.82) is 0 Å². The number of nitrogens with zero attached hydrogens (tertiary/aromatic N) is 1. The van der Waals surface area contributed by atoms with Crippen molar-refractivity contribution in [3.05, 3.63) is 24.3 Å². The second kappa shape index (κ2) is 10.4. The number of benzene rings is 1. The van der Waals surface area contributed by atoms with Gasteiger partial charge < -0.3 is 14.8 Å². The number of anilines is 1. The highest BCUT2D eigenvalue weighted by molar-refractivity contribution is 5.97. The normalized spacial score (nSPS) is 24.4. The molecule has 0 unspecified atom stereocenters. The van der Waals surface area contributed by atoms with Gasteiger partial charge in [-0.05, 0) is 74.6 Å². The summed E-state index contributed by atoms with van der Waals surface area (Å²) in [5.74, 6) is 2.38. The number of hydrogen-bond acceptors (Lipinski definition) is 4. The van der Waals surface area contributed by atoms with Gasteiger partial charge in [0.05, 0.1) is 0 Å². The number of likely N-dealkylation sites (tertiary alicyclic amines) is 1. The molecule has 162 valence electrons. The van der Waals surface area contributed by atoms with Crippen molar-refractivity contribution in [3.8, 4) is 5.75 Å². The quantitative estimate of drug-likeness (QED) is 0.649. The Morgan fingerprint density at radius 2 is 1.76 bits per heavy atom. The zero-order chi connectivity index (χ0) is 20.7. The second-order valence-electron chi connectivity index (χ2n) is 9.08. The summed E-state index contributed by atoms with van der Waals surface area (Å²) in [6, 6.07) is 7.71. The van der Waals surface area contributed by atoms with Crippen LogP contribution in [-0.2, 0) is 9.53 Å². The topological polar surface area (TPSA) is 50.8 Å². The van der Waals surface area contributed by atoms with Crippen molar-refractivity contribution in [2.24, 2.45) is 11.8 Å². The van der Waals surface area contributed by atoms with E-state index in [2.05, 4.69) is 31.0 Å². The molecule has 1 heterocycles. The average Bonchev–Trinajstić information content (AvgIpc) is 3.17. The molecule has 0 radical (unpaired) electrons. The molecule has 2 aliphatic rings. The van der Waals surface area contributed by atoms with E-state index < -0.39 is 5.60 Å². The lowest BCUT2D eigenvalue weighted by Crippen LogP contribution is -2.43. The van der Waals surface area contributed by atoms with Gasteiger partial charge in [-0.2, -0.15) is 0 Å². The van der Waals surface area contributed by atoms with E-state index in [-0.39, 0.29) is 5.91 Å². The molecule has 1 N–H and O–H groups in total. The van der Waals surface area contributed by atoms with E-state index >= 15 is 0 Å². The Labute approximate surface area is 176 Å². The minimum absolute atomic E-state index is 0.00884. The van der Waals surface area contributed by atoms with Crippen LogP contribution in [0.15, 0.2) is 24.3 Å². The van der Waals surface area contributed by atoms with Gasteiger partial charge in [-0.1, -0.05) is 20.8 Å². The van der Waals surface area contributed by atoms with Gasteiger partial charge in [0, 0.05) is 31.9 Å². The van der Waals surface area contributed by atoms with Gasteiger partial charge in [-0.3, -0.25) is 9.69 Å². The number of nitrogens with one attached hydrogen (secondary N) is 1. The first-order valence-electron chi connectivity index (χ1n) is 11.4. The van der Waals surface area contributed by atoms with E-state index in [1.54, 1.807) is 0 Å². The third-order valence-electron chi connectivity index (χ3n) is 6.14. The van der Waals surface area contributed by atoms with Crippen LogP contribution >= 0.6 is 0 Å². The Hall–Kier alpha value is -1.59. The zero-order valence-corrected chi connectivity index (χ0v) is 18.4. The molecule has 1 aromatic rings. The fraction of sp³-hybridized carbons (Fsp3) is 0.708. The minimum Gasteiger partial charge on any atom is -0.492 e. The molecule has 3 rings (SSSR count). The minimum atomic E-state index is -0.645. The molecule has 1 saturated heterocycles. The molecule has 1 aliphatic carbocycles. The maximum atomic E-state index is 12.9. The zero-order valence-electron chi connectivity index (χ0n) is 18.4. The largest absolute Gasteiger partial charge is 0.492 e. The predicted molar refractivity (Wildman–Crippen MR) is 117 cm³/mol. The molecule has 2 atom stereocenters. The standard InChI is InChI=1S/C24H38N2O3/c1-4-14-29-24(11-5-6-12-24)23(27)25-21-7-9-22(10-8-21)28-15-13-26-17-19(2)16-20(3)18-26/h7-10,19-20H,4-6,11-18H2,1-3H3,(H,25,27)/t19-,20+. The first-order chi connectivity index (χ1) is 14.0. The molecule has 0 spiro atoms. The van der Waals surface area contributed by atoms with Gasteiger partial charge in [-0.15, -0.1) is 0 Å². The summed E-state index contributed by atoms with van der Waals surface area (Å²) >= 11 is 0. The smallest absolute Gasteiger partial charge is 0.256 e. The maximum absolute atomic E-state index is 12.9. The number of carbonyl (C=O) groups is 1. The molecule has 1 saturated carbocycles. The van der Waals surface area contributed by atoms with Crippen molar-refractivity contribution in [3.63, 3.8) is 0 Å². The summed E-state index contributed by atoms with van der Waals surface area (Å²) in [5, 5.41) is 3.05. The predicted octanol–water partition coefficient (Wildman–Crippen LogP) is 4.72. The van der Waals surface area contributed by atoms with Crippen molar-refractivity contribution < 1.29 is 14.3 Å². The Balaban J connectivity index is 1.46. The summed E-state index contributed by atoms with van der Waals surface area (Å²) in [6.07, 6.45) is 5.99. The summed E-state index contributed by atoms with van der Waals surface area (Å²) in [7, 11) is 0. The van der Waals surface area contributed by atoms with E-state index in [4.69, 9.17) is 9.47 Å². The van der Waals surface area contributed by atoms with Gasteiger partial charge >= 0.3 is 0 Å². The van der Waals surface area contributed by atoms with Crippen molar-refractivity contribution in [1.82, 2.24) is 4.90 Å². The molecule has 2 fully saturated rings. The van der Waals surface area contributed by atoms with Crippen LogP contribution in [-0.4, -0.2) is 49.3 Å². The second-order valence-corrected chi connectivity index (χ2v) is 9.08. The first kappa shape index (κ1) is 22.1. The fourth-order valence-electron chi connectivity index (χ4n) is 4.83. The summed E-state index contributed by atoms with van der Waals surface area (Å²) in [6.45, 7) is 11.4. The van der Waals surface area contributed by atoms with Crippen LogP contribution in [0, 0.1) is 11.8 Å². The number of hydrogen-bond donors (Lipinski definition) is 1. The van der Waals surface area contributed by atoms with E-state index in [9.17, 15) is 4.79 Å². The molecule has 29 heavy (non-hydrogen) atoms. The average molecular weight is 403 g/mol. The Bertz CT molecular complexity index is 630. The summed E-state index contributed by atoms with van der Waals surface area (Å²) in [5.41, 5.74) is 0.154. The highest BCUT2D eigenvalue weighted by Gasteiger charge is 2.42. The highest BCUT2D eigenvalue weighted by atomic mass is 16.5. The number of piperidine rings is 1. The molecular formula is C24H38N2O3. The Morgan fingerprint density at radius 3 is 2.38 bits per heavy atom. The van der Waals surface area contributed by atoms with Crippen LogP contribution < -0.4 is 10.1 Å². The van der Waals surface area contributed by atoms with Gasteiger partial charge in [0.25, 0.3) is 5.91 Å². The number of ether oxygens (including phenoxy) is 2. The third kappa shape index (κ3) is 6.19. The van der Waals surface area contributed by atoms with Crippen LogP contribution in [0.1, 0.15) is 59.3 Å². The number of carbonyl (C=O) groups excluding carboxylic acids is 1. The lowest BCUT2D eigenvalue weighted by molar-refractivity contribution is -0.140. The Kier molecular flexibility index (Phi) is 7.96. The van der Waals surface area contributed by atoms with Gasteiger partial charge in [0.1, 0.15) is 18.0 Å². The van der Waals surface area contributed by atoms with E-state index in [1.165, 1.54) is 19.5 Å². The molecule has 0 aromatic heterocycles. The SMILES string of the molecule is CCCOC1(C(=O)Nc2ccc(OCCN3C[C@H](C)C[C@H](C)C3)cc2)CCCC1. The van der Waals surface area contributed by atoms with Gasteiger partial charge in [-0.25, -0.2) is 0 Å². The monoisotopic (exact) mass is 402 g/mol. The third-order valence-corrected chi connectivity index (χ3v) is 6.14. The molecule has 1 aromatic carbocycles. The lowest BCUT2D eigenvalue weighted by Gasteiger charge is -2.34. The first-order valence-corrected chi connectivity index (χ1v) is 11.4. The molecule has 5 nitrogen and oxygen atoms in total. The van der Waals surface area contributed by atoms with Crippen LogP contribution in [0.25, 0.3) is 0 Å². The van der Waals surface area contributed by atoms with Gasteiger partial charge in [0.15, 0.2) is 0 Å². The molecule has 5 heteroatoms. The van der Waals surface area contributed by atoms with Crippen molar-refractivity contribution in [2.75, 3.05) is 38.2 Å². The number of rotatable bonds is 9. The fourth-order valence-corrected chi connectivity index (χ4v) is 4.83. The number of amides is 1. The van der Waals surface area contributed by atoms with Gasteiger partial charge in [0.2, 0.25) is 0 Å². The lowest BCUT2D eigenvalue weighted by atomic mass is 9.92. The van der Waals surface area contributed by atoms with Crippen LogP contribution in [0.5, 0.6) is 5.75 Å². The van der Waals surface area contributed by atoms with E-state index in [0.717, 1.165) is 61.9 Å². The van der Waals surface area contributed by atoms with E-state index in [0.29, 0.717) is 13.2 Å². The maximum Gasteiger partial charge on any atom is 0.256 e. The van der Waals surface area contributed by atoms with Crippen molar-refractivity contribution in [2.45, 2.75) is 64.9 Å². The van der Waals surface area contributed by atoms with E-state index in [1.807, 2.05) is 24.3 Å². The molecule has 1 aliphatic heterocycles. The Morgan fingerprint density at radius 1 is 1.10 bits per heavy atom. The molecular weight excluding hydrogens is 364 g/mol.